The van der Waals surface area contributed by atoms with Crippen LogP contribution in [0.1, 0.15) is 21.5 Å². The normalized spacial score (nSPS) is 13.6. The first kappa shape index (κ1) is 16.9. The lowest BCUT2D eigenvalue weighted by molar-refractivity contribution is -0.139. The van der Waals surface area contributed by atoms with Gasteiger partial charge in [0.25, 0.3) is 11.8 Å². The Hall–Kier alpha value is -2.96. The SMILES string of the molecule is COC(=O)CNC(=O)c1ccc2c(c1)-c1ccc(OC)cc1C2(F)F. The molecule has 0 atom stereocenters. The van der Waals surface area contributed by atoms with Crippen LogP contribution in [-0.2, 0) is 15.5 Å². The van der Waals surface area contributed by atoms with Crippen molar-refractivity contribution in [1.82, 2.24) is 5.32 Å². The number of hydrogen-bond donors (Lipinski definition) is 1. The van der Waals surface area contributed by atoms with Gasteiger partial charge in [0.05, 0.1) is 14.2 Å². The van der Waals surface area contributed by atoms with E-state index in [-0.39, 0.29) is 28.8 Å². The third kappa shape index (κ3) is 2.82. The average molecular weight is 347 g/mol. The summed E-state index contributed by atoms with van der Waals surface area (Å²) in [5.41, 5.74) is 0.494. The van der Waals surface area contributed by atoms with E-state index in [2.05, 4.69) is 10.1 Å². The number of ether oxygens (including phenoxy) is 2. The molecule has 3 rings (SSSR count). The molecule has 0 saturated heterocycles. The summed E-state index contributed by atoms with van der Waals surface area (Å²) in [6, 6.07) is 8.37. The second kappa shape index (κ2) is 6.16. The van der Waals surface area contributed by atoms with Crippen LogP contribution < -0.4 is 10.1 Å². The van der Waals surface area contributed by atoms with Crippen molar-refractivity contribution in [3.05, 3.63) is 53.1 Å². The van der Waals surface area contributed by atoms with Crippen LogP contribution in [0, 0.1) is 0 Å². The van der Waals surface area contributed by atoms with Gasteiger partial charge in [-0.05, 0) is 35.4 Å². The Morgan fingerprint density at radius 3 is 2.48 bits per heavy atom. The van der Waals surface area contributed by atoms with Crippen LogP contribution in [0.4, 0.5) is 8.78 Å². The lowest BCUT2D eigenvalue weighted by Gasteiger charge is -2.13. The number of alkyl halides is 2. The van der Waals surface area contributed by atoms with Crippen LogP contribution in [0.3, 0.4) is 0 Å². The van der Waals surface area contributed by atoms with Gasteiger partial charge in [0.1, 0.15) is 12.3 Å². The van der Waals surface area contributed by atoms with E-state index in [9.17, 15) is 18.4 Å². The first-order valence-corrected chi connectivity index (χ1v) is 7.44. The molecule has 1 amide bonds. The summed E-state index contributed by atoms with van der Waals surface area (Å²) < 4.78 is 38.8. The van der Waals surface area contributed by atoms with Crippen LogP contribution in [0.15, 0.2) is 36.4 Å². The van der Waals surface area contributed by atoms with Gasteiger partial charge in [-0.15, -0.1) is 0 Å². The molecule has 0 heterocycles. The fourth-order valence-electron chi connectivity index (χ4n) is 2.80. The number of halogens is 2. The maximum absolute atomic E-state index is 14.7. The molecule has 0 unspecified atom stereocenters. The number of hydrogen-bond acceptors (Lipinski definition) is 4. The number of nitrogens with one attached hydrogen (secondary N) is 1. The molecule has 0 spiro atoms. The van der Waals surface area contributed by atoms with Crippen molar-refractivity contribution in [3.8, 4) is 16.9 Å². The highest BCUT2D eigenvalue weighted by molar-refractivity contribution is 5.98. The van der Waals surface area contributed by atoms with Crippen molar-refractivity contribution < 1.29 is 27.8 Å². The zero-order chi connectivity index (χ0) is 18.2. The molecular formula is C18H15F2NO4. The van der Waals surface area contributed by atoms with E-state index in [1.807, 2.05) is 0 Å². The Balaban J connectivity index is 1.98. The molecule has 1 aliphatic rings. The van der Waals surface area contributed by atoms with Gasteiger partial charge in [-0.25, -0.2) is 0 Å². The topological polar surface area (TPSA) is 64.6 Å². The molecular weight excluding hydrogens is 332 g/mol. The maximum Gasteiger partial charge on any atom is 0.325 e. The lowest BCUT2D eigenvalue weighted by Crippen LogP contribution is -2.30. The highest BCUT2D eigenvalue weighted by Gasteiger charge is 2.44. The molecule has 0 bridgehead atoms. The zero-order valence-corrected chi connectivity index (χ0v) is 13.6. The van der Waals surface area contributed by atoms with Gasteiger partial charge in [-0.2, -0.15) is 8.78 Å². The maximum atomic E-state index is 14.7. The summed E-state index contributed by atoms with van der Waals surface area (Å²) in [5.74, 6) is -3.97. The molecule has 0 saturated carbocycles. The number of benzene rings is 2. The smallest absolute Gasteiger partial charge is 0.325 e. The number of amides is 1. The van der Waals surface area contributed by atoms with E-state index in [4.69, 9.17) is 4.74 Å². The van der Waals surface area contributed by atoms with Crippen molar-refractivity contribution >= 4 is 11.9 Å². The Morgan fingerprint density at radius 2 is 1.80 bits per heavy atom. The molecule has 2 aromatic rings. The van der Waals surface area contributed by atoms with Crippen LogP contribution in [0.25, 0.3) is 11.1 Å². The van der Waals surface area contributed by atoms with E-state index >= 15 is 0 Å². The predicted molar refractivity (Wildman–Crippen MR) is 85.8 cm³/mol. The van der Waals surface area contributed by atoms with Gasteiger partial charge in [-0.1, -0.05) is 12.1 Å². The van der Waals surface area contributed by atoms with Crippen LogP contribution in [0.2, 0.25) is 0 Å². The summed E-state index contributed by atoms with van der Waals surface area (Å²) in [6.07, 6.45) is 0. The minimum absolute atomic E-state index is 0.158. The number of carbonyl (C=O) groups is 2. The molecule has 130 valence electrons. The summed E-state index contributed by atoms with van der Waals surface area (Å²) in [5, 5.41) is 2.38. The van der Waals surface area contributed by atoms with E-state index in [0.29, 0.717) is 11.3 Å². The molecule has 25 heavy (non-hydrogen) atoms. The standard InChI is InChI=1S/C18H15F2NO4/c1-24-11-4-5-12-13-7-10(17(23)21-9-16(22)25-2)3-6-14(13)18(19,20)15(12)8-11/h3-8H,9H2,1-2H3,(H,21,23). The van der Waals surface area contributed by atoms with Gasteiger partial charge in [0.2, 0.25) is 0 Å². The summed E-state index contributed by atoms with van der Waals surface area (Å²) in [4.78, 5) is 23.2. The molecule has 0 fully saturated rings. The zero-order valence-electron chi connectivity index (χ0n) is 13.6. The van der Waals surface area contributed by atoms with Gasteiger partial charge >= 0.3 is 5.97 Å². The van der Waals surface area contributed by atoms with Crippen molar-refractivity contribution in [1.29, 1.82) is 0 Å². The van der Waals surface area contributed by atoms with Gasteiger partial charge in [0, 0.05) is 16.7 Å². The molecule has 7 heteroatoms. The average Bonchev–Trinajstić information content (AvgIpc) is 2.86. The lowest BCUT2D eigenvalue weighted by atomic mass is 10.0. The first-order chi connectivity index (χ1) is 11.9. The summed E-state index contributed by atoms with van der Waals surface area (Å²) >= 11 is 0. The van der Waals surface area contributed by atoms with Gasteiger partial charge < -0.3 is 14.8 Å². The number of rotatable bonds is 4. The van der Waals surface area contributed by atoms with Crippen molar-refractivity contribution in [3.63, 3.8) is 0 Å². The molecule has 0 radical (unpaired) electrons. The van der Waals surface area contributed by atoms with E-state index < -0.39 is 17.8 Å². The Morgan fingerprint density at radius 1 is 1.04 bits per heavy atom. The predicted octanol–water partition coefficient (Wildman–Crippen LogP) is 2.72. The van der Waals surface area contributed by atoms with E-state index in [1.54, 1.807) is 12.1 Å². The van der Waals surface area contributed by atoms with Gasteiger partial charge in [-0.3, -0.25) is 9.59 Å². The minimum atomic E-state index is -3.17. The second-order valence-corrected chi connectivity index (χ2v) is 5.51. The minimum Gasteiger partial charge on any atom is -0.497 e. The quantitative estimate of drug-likeness (QED) is 0.864. The number of methoxy groups -OCH3 is 2. The molecule has 1 N–H and O–H groups in total. The molecule has 2 aromatic carbocycles. The van der Waals surface area contributed by atoms with Crippen molar-refractivity contribution in [2.45, 2.75) is 5.92 Å². The summed E-state index contributed by atoms with van der Waals surface area (Å²) in [6.45, 7) is -0.295. The van der Waals surface area contributed by atoms with Crippen molar-refractivity contribution in [2.24, 2.45) is 0 Å². The van der Waals surface area contributed by atoms with Crippen molar-refractivity contribution in [2.75, 3.05) is 20.8 Å². The molecule has 0 aromatic heterocycles. The van der Waals surface area contributed by atoms with E-state index in [1.165, 1.54) is 38.5 Å². The van der Waals surface area contributed by atoms with Crippen LogP contribution >= 0.6 is 0 Å². The van der Waals surface area contributed by atoms with Crippen LogP contribution in [0.5, 0.6) is 5.75 Å². The Kier molecular flexibility index (Phi) is 4.16. The fourth-order valence-corrected chi connectivity index (χ4v) is 2.80. The third-order valence-corrected chi connectivity index (χ3v) is 4.10. The van der Waals surface area contributed by atoms with Crippen LogP contribution in [-0.4, -0.2) is 32.6 Å². The second-order valence-electron chi connectivity index (χ2n) is 5.51. The molecule has 5 nitrogen and oxygen atoms in total. The summed E-state index contributed by atoms with van der Waals surface area (Å²) in [7, 11) is 2.61. The molecule has 1 aliphatic carbocycles. The monoisotopic (exact) mass is 347 g/mol. The Bertz CT molecular complexity index is 864. The van der Waals surface area contributed by atoms with E-state index in [0.717, 1.165) is 0 Å². The first-order valence-electron chi connectivity index (χ1n) is 7.44. The molecule has 0 aliphatic heterocycles. The highest BCUT2D eigenvalue weighted by Crippen LogP contribution is 2.51. The highest BCUT2D eigenvalue weighted by atomic mass is 19.3. The Labute approximate surface area is 142 Å². The fraction of sp³-hybridized carbons (Fsp3) is 0.222. The number of fused-ring (bicyclic) bond motifs is 3. The largest absolute Gasteiger partial charge is 0.497 e. The van der Waals surface area contributed by atoms with Gasteiger partial charge in [0.15, 0.2) is 0 Å². The number of esters is 1. The third-order valence-electron chi connectivity index (χ3n) is 4.10. The number of carbonyl (C=O) groups excluding carboxylic acids is 2.